The van der Waals surface area contributed by atoms with Crippen LogP contribution in [0.2, 0.25) is 0 Å². The second-order valence-corrected chi connectivity index (χ2v) is 11.0. The summed E-state index contributed by atoms with van der Waals surface area (Å²) in [6.07, 6.45) is 11.8. The van der Waals surface area contributed by atoms with Crippen LogP contribution >= 0.6 is 11.3 Å². The molecule has 9 nitrogen and oxygen atoms in total. The van der Waals surface area contributed by atoms with E-state index in [9.17, 15) is 18.0 Å². The van der Waals surface area contributed by atoms with Gasteiger partial charge in [-0.25, -0.2) is 22.9 Å². The molecule has 2 fully saturated rings. The maximum Gasteiger partial charge on any atom is 0.324 e. The van der Waals surface area contributed by atoms with E-state index < -0.39 is 16.0 Å². The van der Waals surface area contributed by atoms with E-state index in [4.69, 9.17) is 5.11 Å². The molecule has 3 rings (SSSR count). The number of thiazole rings is 1. The Bertz CT molecular complexity index is 812. The summed E-state index contributed by atoms with van der Waals surface area (Å²) in [6, 6.07) is 0.247. The van der Waals surface area contributed by atoms with Gasteiger partial charge in [0.2, 0.25) is 0 Å². The number of amides is 2. The molecule has 0 saturated heterocycles. The molecular formula is C19H30N4O5S2. The Balaban J connectivity index is 1.67. The maximum atomic E-state index is 13.2. The number of rotatable bonds is 8. The Labute approximate surface area is 181 Å². The average molecular weight is 459 g/mol. The lowest BCUT2D eigenvalue weighted by Gasteiger charge is -2.41. The van der Waals surface area contributed by atoms with Gasteiger partial charge in [-0.05, 0) is 25.7 Å². The van der Waals surface area contributed by atoms with Gasteiger partial charge in [0.05, 0.1) is 12.6 Å². The molecule has 0 aliphatic heterocycles. The fraction of sp³-hybridized carbons (Fsp3) is 0.737. The van der Waals surface area contributed by atoms with Gasteiger partial charge in [-0.1, -0.05) is 49.9 Å². The van der Waals surface area contributed by atoms with Gasteiger partial charge < -0.3 is 10.0 Å². The van der Waals surface area contributed by atoms with E-state index >= 15 is 0 Å². The topological polar surface area (TPSA) is 129 Å². The van der Waals surface area contributed by atoms with Gasteiger partial charge in [0.25, 0.3) is 10.0 Å². The molecule has 0 bridgehead atoms. The third kappa shape index (κ3) is 6.14. The van der Waals surface area contributed by atoms with Crippen molar-refractivity contribution >= 4 is 38.5 Å². The Hall–Kier alpha value is -1.72. The predicted molar refractivity (Wildman–Crippen MR) is 114 cm³/mol. The summed E-state index contributed by atoms with van der Waals surface area (Å²) in [7, 11) is -3.85. The molecule has 11 heteroatoms. The van der Waals surface area contributed by atoms with Crippen LogP contribution in [0.4, 0.5) is 9.93 Å². The zero-order valence-electron chi connectivity index (χ0n) is 17.0. The largest absolute Gasteiger partial charge is 0.481 e. The number of carbonyl (C=O) groups is 2. The van der Waals surface area contributed by atoms with Crippen molar-refractivity contribution in [1.82, 2.24) is 14.6 Å². The molecule has 1 aromatic heterocycles. The van der Waals surface area contributed by atoms with Crippen LogP contribution in [0.25, 0.3) is 0 Å². The molecule has 1 aromatic rings. The third-order valence-corrected chi connectivity index (χ3v) is 8.60. The number of sulfonamides is 1. The molecule has 0 aromatic carbocycles. The van der Waals surface area contributed by atoms with Crippen molar-refractivity contribution in [1.29, 1.82) is 0 Å². The van der Waals surface area contributed by atoms with Crippen LogP contribution in [-0.2, 0) is 14.8 Å². The zero-order chi connectivity index (χ0) is 21.6. The van der Waals surface area contributed by atoms with Crippen molar-refractivity contribution in [3.8, 4) is 0 Å². The Kier molecular flexibility index (Phi) is 8.06. The molecule has 0 atom stereocenters. The standard InChI is InChI=1S/C19H30N4O5S2/c24-16(25)11-12-21-30(27,28)17-13-20-18(29-17)22-19(26)23(14-7-3-1-4-8-14)15-9-5-2-6-10-15/h13-15,21H,1-12H2,(H,24,25)(H,20,22,26). The molecule has 0 radical (unpaired) electrons. The summed E-state index contributed by atoms with van der Waals surface area (Å²) in [5.74, 6) is -1.08. The lowest BCUT2D eigenvalue weighted by atomic mass is 9.89. The quantitative estimate of drug-likeness (QED) is 0.548. The Morgan fingerprint density at radius 1 is 1.07 bits per heavy atom. The summed E-state index contributed by atoms with van der Waals surface area (Å²) >= 11 is 0.870. The van der Waals surface area contributed by atoms with Crippen molar-refractivity contribution in [3.05, 3.63) is 6.20 Å². The second kappa shape index (κ2) is 10.5. The molecule has 2 aliphatic carbocycles. The minimum atomic E-state index is -3.85. The molecular weight excluding hydrogens is 428 g/mol. The van der Waals surface area contributed by atoms with Gasteiger partial charge in [-0.15, -0.1) is 0 Å². The predicted octanol–water partition coefficient (Wildman–Crippen LogP) is 3.40. The summed E-state index contributed by atoms with van der Waals surface area (Å²) in [5, 5.41) is 11.7. The first-order valence-corrected chi connectivity index (χ1v) is 12.9. The highest BCUT2D eigenvalue weighted by atomic mass is 32.2. The van der Waals surface area contributed by atoms with E-state index in [1.807, 2.05) is 4.90 Å². The van der Waals surface area contributed by atoms with Gasteiger partial charge >= 0.3 is 12.0 Å². The number of hydrogen-bond acceptors (Lipinski definition) is 6. The third-order valence-electron chi connectivity index (χ3n) is 5.76. The van der Waals surface area contributed by atoms with Gasteiger partial charge in [-0.3, -0.25) is 10.1 Å². The number of aromatic nitrogens is 1. The highest BCUT2D eigenvalue weighted by molar-refractivity contribution is 7.91. The van der Waals surface area contributed by atoms with E-state index in [2.05, 4.69) is 15.0 Å². The molecule has 0 spiro atoms. The first-order valence-electron chi connectivity index (χ1n) is 10.6. The van der Waals surface area contributed by atoms with Crippen molar-refractivity contribution < 1.29 is 23.1 Å². The maximum absolute atomic E-state index is 13.2. The van der Waals surface area contributed by atoms with Crippen molar-refractivity contribution in [2.75, 3.05) is 11.9 Å². The average Bonchev–Trinajstić information content (AvgIpc) is 3.19. The molecule has 2 aliphatic rings. The molecule has 3 N–H and O–H groups in total. The smallest absolute Gasteiger partial charge is 0.324 e. The van der Waals surface area contributed by atoms with E-state index in [-0.39, 0.29) is 40.4 Å². The van der Waals surface area contributed by atoms with Crippen LogP contribution < -0.4 is 10.0 Å². The summed E-state index contributed by atoms with van der Waals surface area (Å²) in [4.78, 5) is 29.8. The Morgan fingerprint density at radius 2 is 1.63 bits per heavy atom. The molecule has 30 heavy (non-hydrogen) atoms. The number of urea groups is 1. The molecule has 0 unspecified atom stereocenters. The van der Waals surface area contributed by atoms with Crippen LogP contribution in [0.1, 0.15) is 70.6 Å². The lowest BCUT2D eigenvalue weighted by molar-refractivity contribution is -0.136. The summed E-state index contributed by atoms with van der Waals surface area (Å²) in [6.45, 7) is -0.200. The number of nitrogens with one attached hydrogen (secondary N) is 2. The van der Waals surface area contributed by atoms with E-state index in [0.29, 0.717) is 0 Å². The van der Waals surface area contributed by atoms with Gasteiger partial charge in [-0.2, -0.15) is 0 Å². The fourth-order valence-electron chi connectivity index (χ4n) is 4.31. The van der Waals surface area contributed by atoms with Crippen LogP contribution in [-0.4, -0.2) is 54.0 Å². The molecule has 2 saturated carbocycles. The SMILES string of the molecule is O=C(O)CCNS(=O)(=O)c1cnc(NC(=O)N(C2CCCCC2)C2CCCCC2)s1. The highest BCUT2D eigenvalue weighted by Crippen LogP contribution is 2.31. The lowest BCUT2D eigenvalue weighted by Crippen LogP contribution is -2.50. The monoisotopic (exact) mass is 458 g/mol. The minimum absolute atomic E-state index is 0.0509. The van der Waals surface area contributed by atoms with Crippen molar-refractivity contribution in [3.63, 3.8) is 0 Å². The van der Waals surface area contributed by atoms with Crippen LogP contribution in [0.15, 0.2) is 10.4 Å². The summed E-state index contributed by atoms with van der Waals surface area (Å²) < 4.78 is 26.8. The number of aliphatic carboxylic acids is 1. The number of anilines is 1. The van der Waals surface area contributed by atoms with Crippen molar-refractivity contribution in [2.24, 2.45) is 0 Å². The van der Waals surface area contributed by atoms with Gasteiger partial charge in [0.15, 0.2) is 9.34 Å². The highest BCUT2D eigenvalue weighted by Gasteiger charge is 2.33. The molecule has 1 heterocycles. The molecule has 2 amide bonds. The number of nitrogens with zero attached hydrogens (tertiary/aromatic N) is 2. The first-order chi connectivity index (χ1) is 14.4. The first kappa shape index (κ1) is 23.0. The number of carboxylic acids is 1. The summed E-state index contributed by atoms with van der Waals surface area (Å²) in [5.41, 5.74) is 0. The second-order valence-electron chi connectivity index (χ2n) is 7.95. The van der Waals surface area contributed by atoms with Crippen molar-refractivity contribution in [2.45, 2.75) is 86.9 Å². The van der Waals surface area contributed by atoms with Gasteiger partial charge in [0.1, 0.15) is 0 Å². The van der Waals surface area contributed by atoms with Crippen LogP contribution in [0.3, 0.4) is 0 Å². The zero-order valence-corrected chi connectivity index (χ0v) is 18.6. The van der Waals surface area contributed by atoms with E-state index in [0.717, 1.165) is 62.7 Å². The number of hydrogen-bond donors (Lipinski definition) is 3. The van der Waals surface area contributed by atoms with E-state index in [1.165, 1.54) is 19.0 Å². The number of carboxylic acid groups (broad SMARTS) is 1. The minimum Gasteiger partial charge on any atom is -0.481 e. The Morgan fingerprint density at radius 3 is 2.17 bits per heavy atom. The van der Waals surface area contributed by atoms with Gasteiger partial charge in [0, 0.05) is 18.6 Å². The van der Waals surface area contributed by atoms with E-state index in [1.54, 1.807) is 0 Å². The normalized spacial score (nSPS) is 18.8. The van der Waals surface area contributed by atoms with Crippen LogP contribution in [0, 0.1) is 0 Å². The van der Waals surface area contributed by atoms with Crippen LogP contribution in [0.5, 0.6) is 0 Å². The molecule has 168 valence electrons. The fourth-order valence-corrected chi connectivity index (χ4v) is 6.41. The number of carbonyl (C=O) groups excluding carboxylic acids is 1.